The number of nitrogens with zero attached hydrogens (tertiary/aromatic N) is 2. The van der Waals surface area contributed by atoms with Crippen molar-refractivity contribution in [1.29, 1.82) is 0 Å². The van der Waals surface area contributed by atoms with Gasteiger partial charge in [-0.1, -0.05) is 189 Å². The number of hydrogen-bond donors (Lipinski definition) is 0. The molecule has 14 rings (SSSR count). The van der Waals surface area contributed by atoms with Crippen LogP contribution in [-0.2, 0) is 5.41 Å². The molecule has 1 fully saturated rings. The van der Waals surface area contributed by atoms with E-state index in [-0.39, 0.29) is 6.85 Å². The van der Waals surface area contributed by atoms with Crippen LogP contribution in [0.25, 0.3) is 44.2 Å². The molecule has 0 N–H and O–H groups in total. The van der Waals surface area contributed by atoms with Gasteiger partial charge in [0.2, 0.25) is 0 Å². The highest BCUT2D eigenvalue weighted by Gasteiger charge is 2.53. The Bertz CT molecular complexity index is 3460. The quantitative estimate of drug-likeness (QED) is 0.161. The van der Waals surface area contributed by atoms with Gasteiger partial charge >= 0.3 is 6.85 Å². The summed E-state index contributed by atoms with van der Waals surface area (Å²) in [6.07, 6.45) is 6.32. The van der Waals surface area contributed by atoms with Crippen LogP contribution < -0.4 is 20.6 Å². The first-order chi connectivity index (χ1) is 32.3. The molecular weight excluding hydrogens is 787 g/mol. The van der Waals surface area contributed by atoms with E-state index >= 15 is 0 Å². The zero-order chi connectivity index (χ0) is 42.6. The van der Waals surface area contributed by atoms with Gasteiger partial charge < -0.3 is 14.1 Å². The van der Waals surface area contributed by atoms with Gasteiger partial charge in [0, 0.05) is 33.4 Å². The third-order valence-corrected chi connectivity index (χ3v) is 15.3. The Balaban J connectivity index is 1.14. The molecular formula is C61H45BN2O. The van der Waals surface area contributed by atoms with Crippen LogP contribution in [0.5, 0.6) is 0 Å². The molecule has 0 unspecified atom stereocenters. The Morgan fingerprint density at radius 2 is 1.14 bits per heavy atom. The van der Waals surface area contributed by atoms with Gasteiger partial charge in [-0.15, -0.1) is 0 Å². The van der Waals surface area contributed by atoms with Crippen molar-refractivity contribution in [3.63, 3.8) is 0 Å². The maximum atomic E-state index is 6.98. The van der Waals surface area contributed by atoms with Crippen LogP contribution in [0.15, 0.2) is 211 Å². The Morgan fingerprint density at radius 1 is 0.477 bits per heavy atom. The molecule has 3 aliphatic heterocycles. The molecule has 0 bridgehead atoms. The summed E-state index contributed by atoms with van der Waals surface area (Å²) in [6, 6.07) is 77.4. The molecule has 0 atom stereocenters. The number of para-hydroxylation sites is 4. The molecule has 65 heavy (non-hydrogen) atoms. The predicted octanol–water partition coefficient (Wildman–Crippen LogP) is 14.7. The van der Waals surface area contributed by atoms with Gasteiger partial charge in [0.05, 0.1) is 16.8 Å². The molecule has 308 valence electrons. The zero-order valence-electron chi connectivity index (χ0n) is 36.1. The van der Waals surface area contributed by atoms with Crippen molar-refractivity contribution in [1.82, 2.24) is 0 Å². The van der Waals surface area contributed by atoms with Gasteiger partial charge in [-0.3, -0.25) is 0 Å². The maximum absolute atomic E-state index is 6.98. The normalized spacial score (nSPS) is 15.7. The van der Waals surface area contributed by atoms with Gasteiger partial charge in [-0.25, -0.2) is 0 Å². The van der Waals surface area contributed by atoms with E-state index in [0.29, 0.717) is 5.92 Å². The summed E-state index contributed by atoms with van der Waals surface area (Å²) in [7, 11) is 0. The summed E-state index contributed by atoms with van der Waals surface area (Å²) < 4.78 is 6.98. The van der Waals surface area contributed by atoms with Gasteiger partial charge in [0.15, 0.2) is 5.58 Å². The topological polar surface area (TPSA) is 19.6 Å². The van der Waals surface area contributed by atoms with Gasteiger partial charge in [-0.2, -0.15) is 0 Å². The van der Waals surface area contributed by atoms with E-state index in [2.05, 4.69) is 216 Å². The average Bonchev–Trinajstić information content (AvgIpc) is 3.77. The number of furan rings is 1. The highest BCUT2D eigenvalue weighted by molar-refractivity contribution is 6.93. The van der Waals surface area contributed by atoms with Crippen molar-refractivity contribution in [2.75, 3.05) is 9.71 Å². The highest BCUT2D eigenvalue weighted by atomic mass is 16.3. The SMILES string of the molecule is c1ccc(-c2ccc3c(c2)-c2cc(C4CCCCC4)cc4c2B(c2cccc5c2N4c2ccccc2C5(c2ccccc2)c2ccccc2)N3c2cccc3c2oc2ccccc23)cc1. The summed E-state index contributed by atoms with van der Waals surface area (Å²) in [5.41, 5.74) is 21.6. The fraction of sp³-hybridized carbons (Fsp3) is 0.115. The number of anilines is 5. The average molecular weight is 833 g/mol. The third-order valence-electron chi connectivity index (χ3n) is 15.3. The summed E-state index contributed by atoms with van der Waals surface area (Å²) in [5, 5.41) is 2.27. The molecule has 0 radical (unpaired) electrons. The first kappa shape index (κ1) is 36.9. The molecule has 0 spiro atoms. The van der Waals surface area contributed by atoms with Crippen molar-refractivity contribution in [2.45, 2.75) is 43.4 Å². The molecule has 4 heterocycles. The Kier molecular flexibility index (Phi) is 8.07. The van der Waals surface area contributed by atoms with Crippen LogP contribution in [0.1, 0.15) is 65.8 Å². The van der Waals surface area contributed by atoms with Crippen LogP contribution in [-0.4, -0.2) is 6.85 Å². The molecule has 1 aliphatic carbocycles. The molecule has 4 heteroatoms. The van der Waals surface area contributed by atoms with E-state index in [0.717, 1.165) is 27.6 Å². The van der Waals surface area contributed by atoms with E-state index < -0.39 is 5.41 Å². The minimum atomic E-state index is -0.580. The predicted molar refractivity (Wildman–Crippen MR) is 271 cm³/mol. The standard InChI is InChI=1S/C61H45BN2O/c1-5-19-40(20-6-1)42-35-36-53-48(37-42)49-38-43(41-21-7-2-8-22-41)39-56-58(49)62(64(53)55-33-17-28-47-46-27-13-16-34-57(46)65-60(47)55)52-31-18-30-51-59(52)63(56)54-32-15-14-29-50(54)61(51,44-23-9-3-10-24-44)45-25-11-4-12-26-45/h1,3-6,9-20,23-39,41H,2,7-8,21-22H2. The second-order valence-corrected chi connectivity index (χ2v) is 18.5. The molecule has 0 amide bonds. The first-order valence-electron chi connectivity index (χ1n) is 23.5. The number of fused-ring (bicyclic) bond motifs is 9. The van der Waals surface area contributed by atoms with Gasteiger partial charge in [0.1, 0.15) is 5.58 Å². The third kappa shape index (κ3) is 5.20. The molecule has 9 aromatic carbocycles. The van der Waals surface area contributed by atoms with Crippen LogP contribution >= 0.6 is 0 Å². The van der Waals surface area contributed by atoms with Crippen molar-refractivity contribution >= 4 is 68.1 Å². The van der Waals surface area contributed by atoms with Crippen molar-refractivity contribution in [3.8, 4) is 22.3 Å². The van der Waals surface area contributed by atoms with E-state index in [1.807, 2.05) is 0 Å². The van der Waals surface area contributed by atoms with Crippen molar-refractivity contribution < 1.29 is 4.42 Å². The minimum absolute atomic E-state index is 0.157. The largest absolute Gasteiger partial charge is 0.454 e. The van der Waals surface area contributed by atoms with Gasteiger partial charge in [-0.05, 0) is 111 Å². The molecule has 1 saturated carbocycles. The number of rotatable bonds is 5. The van der Waals surface area contributed by atoms with E-state index in [1.165, 1.54) is 116 Å². The van der Waals surface area contributed by atoms with Crippen molar-refractivity contribution in [2.24, 2.45) is 0 Å². The number of hydrogen-bond acceptors (Lipinski definition) is 3. The van der Waals surface area contributed by atoms with Crippen LogP contribution in [0.2, 0.25) is 0 Å². The monoisotopic (exact) mass is 832 g/mol. The fourth-order valence-corrected chi connectivity index (χ4v) is 12.6. The lowest BCUT2D eigenvalue weighted by atomic mass is 9.42. The van der Waals surface area contributed by atoms with E-state index in [9.17, 15) is 0 Å². The van der Waals surface area contributed by atoms with Crippen LogP contribution in [0, 0.1) is 0 Å². The maximum Gasteiger partial charge on any atom is 0.333 e. The zero-order valence-corrected chi connectivity index (χ0v) is 36.1. The van der Waals surface area contributed by atoms with Gasteiger partial charge in [0.25, 0.3) is 0 Å². The lowest BCUT2D eigenvalue weighted by Crippen LogP contribution is -2.62. The van der Waals surface area contributed by atoms with Crippen LogP contribution in [0.3, 0.4) is 0 Å². The molecule has 3 nitrogen and oxygen atoms in total. The second kappa shape index (κ2) is 14.2. The lowest BCUT2D eigenvalue weighted by Gasteiger charge is -2.52. The smallest absolute Gasteiger partial charge is 0.333 e. The molecule has 1 aromatic heterocycles. The molecule has 0 saturated heterocycles. The van der Waals surface area contributed by atoms with Crippen molar-refractivity contribution in [3.05, 3.63) is 234 Å². The van der Waals surface area contributed by atoms with E-state index in [1.54, 1.807) is 0 Å². The second-order valence-electron chi connectivity index (χ2n) is 18.5. The molecule has 10 aromatic rings. The van der Waals surface area contributed by atoms with E-state index in [4.69, 9.17) is 4.42 Å². The van der Waals surface area contributed by atoms with Crippen LogP contribution in [0.4, 0.5) is 28.4 Å². The lowest BCUT2D eigenvalue weighted by molar-refractivity contribution is 0.444. The Hall–Kier alpha value is -7.56. The number of benzene rings is 9. The fourth-order valence-electron chi connectivity index (χ4n) is 12.6. The Morgan fingerprint density at radius 3 is 1.94 bits per heavy atom. The molecule has 4 aliphatic rings. The summed E-state index contributed by atoms with van der Waals surface area (Å²) >= 11 is 0. The summed E-state index contributed by atoms with van der Waals surface area (Å²) in [5.74, 6) is 0.510. The summed E-state index contributed by atoms with van der Waals surface area (Å²) in [4.78, 5) is 5.32. The Labute approximate surface area is 380 Å². The minimum Gasteiger partial charge on any atom is -0.454 e. The summed E-state index contributed by atoms with van der Waals surface area (Å²) in [6.45, 7) is -0.157. The highest BCUT2D eigenvalue weighted by Crippen LogP contribution is 2.60. The first-order valence-corrected chi connectivity index (χ1v) is 23.5.